The van der Waals surface area contributed by atoms with E-state index in [4.69, 9.17) is 0 Å². The maximum Gasteiger partial charge on any atom is 0.269 e. The molecule has 2 atom stereocenters. The van der Waals surface area contributed by atoms with Gasteiger partial charge < -0.3 is 5.11 Å². The van der Waals surface area contributed by atoms with Crippen LogP contribution in [0, 0.1) is 16.0 Å². The van der Waals surface area contributed by atoms with E-state index in [2.05, 4.69) is 0 Å². The zero-order valence-electron chi connectivity index (χ0n) is 9.71. The highest BCUT2D eigenvalue weighted by Gasteiger charge is 2.23. The Balaban J connectivity index is 2.07. The molecule has 1 aliphatic rings. The highest BCUT2D eigenvalue weighted by molar-refractivity contribution is 5.34. The fraction of sp³-hybridized carbons (Fsp3) is 0.538. The Morgan fingerprint density at radius 2 is 2.12 bits per heavy atom. The molecule has 1 aromatic carbocycles. The zero-order chi connectivity index (χ0) is 12.3. The Bertz CT molecular complexity index is 405. The molecule has 1 saturated carbocycles. The summed E-state index contributed by atoms with van der Waals surface area (Å²) in [4.78, 5) is 10.3. The van der Waals surface area contributed by atoms with Gasteiger partial charge in [0.1, 0.15) is 0 Å². The second-order valence-corrected chi connectivity index (χ2v) is 4.74. The number of aliphatic hydroxyl groups excluding tert-OH is 1. The lowest BCUT2D eigenvalue weighted by Gasteiger charge is -2.27. The van der Waals surface area contributed by atoms with E-state index in [0.717, 1.165) is 37.7 Å². The number of non-ortho nitro benzene ring substituents is 1. The molecule has 0 bridgehead atoms. The van der Waals surface area contributed by atoms with E-state index in [-0.39, 0.29) is 22.6 Å². The van der Waals surface area contributed by atoms with Gasteiger partial charge in [-0.15, -0.1) is 0 Å². The summed E-state index contributed by atoms with van der Waals surface area (Å²) in [5.41, 5.74) is 1.08. The average Bonchev–Trinajstić information content (AvgIpc) is 2.32. The van der Waals surface area contributed by atoms with Crippen LogP contribution in [0.3, 0.4) is 0 Å². The first kappa shape index (κ1) is 12.0. The van der Waals surface area contributed by atoms with Crippen molar-refractivity contribution in [2.45, 2.75) is 38.2 Å². The molecule has 0 aromatic heterocycles. The molecule has 0 radical (unpaired) electrons. The van der Waals surface area contributed by atoms with Gasteiger partial charge >= 0.3 is 0 Å². The fourth-order valence-electron chi connectivity index (χ4n) is 2.53. The zero-order valence-corrected chi connectivity index (χ0v) is 9.71. The molecule has 1 aromatic rings. The molecule has 2 rings (SSSR count). The van der Waals surface area contributed by atoms with E-state index in [9.17, 15) is 15.2 Å². The van der Waals surface area contributed by atoms with Gasteiger partial charge in [-0.1, -0.05) is 25.0 Å². The SMILES string of the molecule is O=[N+]([O-])c1cccc(CC2CCCCC2O)c1. The minimum Gasteiger partial charge on any atom is -0.393 e. The van der Waals surface area contributed by atoms with Gasteiger partial charge in [0, 0.05) is 12.1 Å². The van der Waals surface area contributed by atoms with Crippen molar-refractivity contribution in [2.75, 3.05) is 0 Å². The Hall–Kier alpha value is -1.42. The van der Waals surface area contributed by atoms with Gasteiger partial charge in [0.2, 0.25) is 0 Å². The lowest BCUT2D eigenvalue weighted by Crippen LogP contribution is -2.26. The van der Waals surface area contributed by atoms with E-state index >= 15 is 0 Å². The van der Waals surface area contributed by atoms with Gasteiger partial charge in [0.25, 0.3) is 5.69 Å². The minimum atomic E-state index is -0.374. The van der Waals surface area contributed by atoms with E-state index in [1.165, 1.54) is 6.07 Å². The number of hydrogen-bond acceptors (Lipinski definition) is 3. The van der Waals surface area contributed by atoms with Gasteiger partial charge in [-0.05, 0) is 30.7 Å². The van der Waals surface area contributed by atoms with E-state index in [1.807, 2.05) is 6.07 Å². The summed E-state index contributed by atoms with van der Waals surface area (Å²) < 4.78 is 0. The first-order valence-electron chi connectivity index (χ1n) is 6.08. The molecule has 1 fully saturated rings. The number of nitro groups is 1. The third-order valence-corrected chi connectivity index (χ3v) is 3.49. The van der Waals surface area contributed by atoms with Crippen LogP contribution >= 0.6 is 0 Å². The van der Waals surface area contributed by atoms with Crippen LogP contribution in [0.2, 0.25) is 0 Å². The molecule has 0 amide bonds. The summed E-state index contributed by atoms with van der Waals surface area (Å²) >= 11 is 0. The molecule has 0 saturated heterocycles. The summed E-state index contributed by atoms with van der Waals surface area (Å²) in [6, 6.07) is 6.72. The molecule has 2 unspecified atom stereocenters. The highest BCUT2D eigenvalue weighted by Crippen LogP contribution is 2.28. The van der Waals surface area contributed by atoms with Gasteiger partial charge in [0.05, 0.1) is 11.0 Å². The third-order valence-electron chi connectivity index (χ3n) is 3.49. The van der Waals surface area contributed by atoms with Crippen molar-refractivity contribution in [3.63, 3.8) is 0 Å². The number of rotatable bonds is 3. The average molecular weight is 235 g/mol. The number of hydrogen-bond donors (Lipinski definition) is 1. The molecule has 1 N–H and O–H groups in total. The Kier molecular flexibility index (Phi) is 3.74. The highest BCUT2D eigenvalue weighted by atomic mass is 16.6. The third kappa shape index (κ3) is 3.03. The molecule has 4 heteroatoms. The van der Waals surface area contributed by atoms with Gasteiger partial charge in [-0.2, -0.15) is 0 Å². The predicted molar refractivity (Wildman–Crippen MR) is 64.8 cm³/mol. The number of nitrogens with zero attached hydrogens (tertiary/aromatic N) is 1. The van der Waals surface area contributed by atoms with Crippen molar-refractivity contribution >= 4 is 5.69 Å². The lowest BCUT2D eigenvalue weighted by atomic mass is 9.82. The van der Waals surface area contributed by atoms with Gasteiger partial charge in [-0.25, -0.2) is 0 Å². The van der Waals surface area contributed by atoms with Crippen molar-refractivity contribution in [1.82, 2.24) is 0 Å². The molecule has 17 heavy (non-hydrogen) atoms. The van der Waals surface area contributed by atoms with Gasteiger partial charge in [0.15, 0.2) is 0 Å². The summed E-state index contributed by atoms with van der Waals surface area (Å²) in [6.07, 6.45) is 4.61. The number of benzene rings is 1. The molecule has 1 aliphatic carbocycles. The normalized spacial score (nSPS) is 24.5. The summed E-state index contributed by atoms with van der Waals surface area (Å²) in [5.74, 6) is 0.255. The first-order valence-corrected chi connectivity index (χ1v) is 6.08. The monoisotopic (exact) mass is 235 g/mol. The number of nitro benzene ring substituents is 1. The van der Waals surface area contributed by atoms with Crippen molar-refractivity contribution in [3.8, 4) is 0 Å². The van der Waals surface area contributed by atoms with E-state index < -0.39 is 0 Å². The summed E-state index contributed by atoms with van der Waals surface area (Å²) in [6.45, 7) is 0. The molecular formula is C13H17NO3. The van der Waals surface area contributed by atoms with Crippen molar-refractivity contribution in [2.24, 2.45) is 5.92 Å². The first-order chi connectivity index (χ1) is 8.16. The van der Waals surface area contributed by atoms with E-state index in [0.29, 0.717) is 0 Å². The molecule has 4 nitrogen and oxygen atoms in total. The van der Waals surface area contributed by atoms with Crippen molar-refractivity contribution in [3.05, 3.63) is 39.9 Å². The summed E-state index contributed by atoms with van der Waals surface area (Å²) in [7, 11) is 0. The fourth-order valence-corrected chi connectivity index (χ4v) is 2.53. The molecule has 0 heterocycles. The number of aliphatic hydroxyl groups is 1. The second kappa shape index (κ2) is 5.27. The minimum absolute atomic E-state index is 0.132. The predicted octanol–water partition coefficient (Wildman–Crippen LogP) is 2.69. The molecular weight excluding hydrogens is 218 g/mol. The molecule has 92 valence electrons. The van der Waals surface area contributed by atoms with Crippen LogP contribution in [0.1, 0.15) is 31.2 Å². The van der Waals surface area contributed by atoms with Crippen LogP contribution < -0.4 is 0 Å². The van der Waals surface area contributed by atoms with Crippen LogP contribution in [-0.2, 0) is 6.42 Å². The largest absolute Gasteiger partial charge is 0.393 e. The van der Waals surface area contributed by atoms with Crippen LogP contribution in [0.25, 0.3) is 0 Å². The quantitative estimate of drug-likeness (QED) is 0.647. The van der Waals surface area contributed by atoms with Crippen LogP contribution in [0.4, 0.5) is 5.69 Å². The topological polar surface area (TPSA) is 63.4 Å². The van der Waals surface area contributed by atoms with Crippen LogP contribution in [0.5, 0.6) is 0 Å². The van der Waals surface area contributed by atoms with Crippen LogP contribution in [0.15, 0.2) is 24.3 Å². The molecule has 0 spiro atoms. The van der Waals surface area contributed by atoms with Crippen LogP contribution in [-0.4, -0.2) is 16.1 Å². The maximum absolute atomic E-state index is 10.7. The molecule has 0 aliphatic heterocycles. The Morgan fingerprint density at radius 1 is 1.35 bits per heavy atom. The maximum atomic E-state index is 10.7. The standard InChI is InChI=1S/C13H17NO3/c15-13-7-2-1-5-11(13)8-10-4-3-6-12(9-10)14(16)17/h3-4,6,9,11,13,15H,1-2,5,7-8H2. The van der Waals surface area contributed by atoms with Crippen molar-refractivity contribution < 1.29 is 10.0 Å². The second-order valence-electron chi connectivity index (χ2n) is 4.74. The Labute approximate surface area is 100 Å². The van der Waals surface area contributed by atoms with Gasteiger partial charge in [-0.3, -0.25) is 10.1 Å². The summed E-state index contributed by atoms with van der Waals surface area (Å²) in [5, 5.41) is 20.5. The Morgan fingerprint density at radius 3 is 2.82 bits per heavy atom. The van der Waals surface area contributed by atoms with E-state index in [1.54, 1.807) is 12.1 Å². The van der Waals surface area contributed by atoms with Crippen molar-refractivity contribution in [1.29, 1.82) is 0 Å². The lowest BCUT2D eigenvalue weighted by molar-refractivity contribution is -0.384. The smallest absolute Gasteiger partial charge is 0.269 e.